The van der Waals surface area contributed by atoms with Gasteiger partial charge in [-0.3, -0.25) is 0 Å². The Morgan fingerprint density at radius 1 is 1.24 bits per heavy atom. The van der Waals surface area contributed by atoms with Crippen molar-refractivity contribution in [1.29, 1.82) is 0 Å². The van der Waals surface area contributed by atoms with Crippen LogP contribution in [0.3, 0.4) is 0 Å². The Bertz CT molecular complexity index is 714. The number of nitrogens with zero attached hydrogens (tertiary/aromatic N) is 1. The number of aryl methyl sites for hydroxylation is 1. The third kappa shape index (κ3) is 2.79. The van der Waals surface area contributed by atoms with Crippen LogP contribution in [0, 0.1) is 18.6 Å². The van der Waals surface area contributed by atoms with Gasteiger partial charge in [0.05, 0.1) is 5.56 Å². The summed E-state index contributed by atoms with van der Waals surface area (Å²) in [6, 6.07) is 1.97. The lowest BCUT2D eigenvalue weighted by atomic mass is 9.91. The van der Waals surface area contributed by atoms with Crippen molar-refractivity contribution < 1.29 is 23.1 Å². The normalized spacial score (nSPS) is 11.7. The second-order valence-electron chi connectivity index (χ2n) is 5.83. The SMILES string of the molecule is Cc1cc(-c2nc(C(C)(C)C)c(C(=O)O)o2)c(F)cc1F. The Morgan fingerprint density at radius 2 is 1.86 bits per heavy atom. The van der Waals surface area contributed by atoms with Crippen LogP contribution in [0.4, 0.5) is 8.78 Å². The van der Waals surface area contributed by atoms with Gasteiger partial charge in [-0.25, -0.2) is 18.6 Å². The molecular weight excluding hydrogens is 280 g/mol. The van der Waals surface area contributed by atoms with Crippen LogP contribution in [-0.2, 0) is 5.41 Å². The lowest BCUT2D eigenvalue weighted by Gasteiger charge is -2.14. The molecule has 0 saturated carbocycles. The molecule has 2 rings (SSSR count). The summed E-state index contributed by atoms with van der Waals surface area (Å²) in [5.74, 6) is -3.32. The number of aromatic carboxylic acids is 1. The minimum Gasteiger partial charge on any atom is -0.475 e. The highest BCUT2D eigenvalue weighted by Gasteiger charge is 2.30. The summed E-state index contributed by atoms with van der Waals surface area (Å²) in [6.45, 7) is 6.79. The molecule has 1 aromatic heterocycles. The molecule has 0 radical (unpaired) electrons. The van der Waals surface area contributed by atoms with Crippen LogP contribution in [0.25, 0.3) is 11.5 Å². The molecule has 1 N–H and O–H groups in total. The molecule has 112 valence electrons. The van der Waals surface area contributed by atoms with Gasteiger partial charge in [0.2, 0.25) is 11.7 Å². The largest absolute Gasteiger partial charge is 0.475 e. The molecule has 0 unspecified atom stereocenters. The predicted molar refractivity (Wildman–Crippen MR) is 72.3 cm³/mol. The van der Waals surface area contributed by atoms with Crippen molar-refractivity contribution in [2.45, 2.75) is 33.1 Å². The number of aromatic nitrogens is 1. The molecule has 1 aromatic carbocycles. The summed E-state index contributed by atoms with van der Waals surface area (Å²) >= 11 is 0. The molecule has 0 fully saturated rings. The fourth-order valence-corrected chi connectivity index (χ4v) is 1.91. The summed E-state index contributed by atoms with van der Waals surface area (Å²) in [7, 11) is 0. The first-order chi connectivity index (χ1) is 9.61. The van der Waals surface area contributed by atoms with Gasteiger partial charge in [-0.05, 0) is 18.6 Å². The number of hydrogen-bond donors (Lipinski definition) is 1. The van der Waals surface area contributed by atoms with E-state index in [2.05, 4.69) is 4.98 Å². The van der Waals surface area contributed by atoms with Gasteiger partial charge in [-0.2, -0.15) is 0 Å². The molecule has 0 aliphatic heterocycles. The van der Waals surface area contributed by atoms with Crippen molar-refractivity contribution in [2.24, 2.45) is 0 Å². The van der Waals surface area contributed by atoms with Crippen LogP contribution in [0.15, 0.2) is 16.5 Å². The molecule has 1 heterocycles. The number of carbonyl (C=O) groups is 1. The van der Waals surface area contributed by atoms with Gasteiger partial charge >= 0.3 is 5.97 Å². The standard InChI is InChI=1S/C15H15F2NO3/c1-7-5-8(10(17)6-9(7)16)13-18-12(15(2,3)4)11(21-13)14(19)20/h5-6H,1-4H3,(H,19,20). The number of carboxylic acids is 1. The first-order valence-corrected chi connectivity index (χ1v) is 6.32. The van der Waals surface area contributed by atoms with Crippen molar-refractivity contribution in [3.8, 4) is 11.5 Å². The highest BCUT2D eigenvalue weighted by atomic mass is 19.1. The third-order valence-corrected chi connectivity index (χ3v) is 3.01. The monoisotopic (exact) mass is 295 g/mol. The van der Waals surface area contributed by atoms with Crippen LogP contribution in [0.1, 0.15) is 42.6 Å². The zero-order chi connectivity index (χ0) is 15.9. The highest BCUT2D eigenvalue weighted by Crippen LogP contribution is 2.32. The number of hydrogen-bond acceptors (Lipinski definition) is 3. The van der Waals surface area contributed by atoms with E-state index in [9.17, 15) is 13.6 Å². The van der Waals surface area contributed by atoms with Crippen molar-refractivity contribution in [2.75, 3.05) is 0 Å². The van der Waals surface area contributed by atoms with Crippen molar-refractivity contribution in [3.05, 3.63) is 40.8 Å². The van der Waals surface area contributed by atoms with E-state index in [1.165, 1.54) is 13.0 Å². The van der Waals surface area contributed by atoms with Crippen molar-refractivity contribution in [1.82, 2.24) is 4.98 Å². The second-order valence-corrected chi connectivity index (χ2v) is 5.83. The molecule has 0 atom stereocenters. The lowest BCUT2D eigenvalue weighted by molar-refractivity contribution is 0.0659. The highest BCUT2D eigenvalue weighted by molar-refractivity contribution is 5.86. The van der Waals surface area contributed by atoms with Gasteiger partial charge in [0.25, 0.3) is 0 Å². The van der Waals surface area contributed by atoms with Crippen LogP contribution in [0.5, 0.6) is 0 Å². The maximum absolute atomic E-state index is 13.9. The number of oxazole rings is 1. The maximum atomic E-state index is 13.9. The zero-order valence-corrected chi connectivity index (χ0v) is 12.1. The Labute approximate surface area is 120 Å². The molecule has 0 aliphatic rings. The summed E-state index contributed by atoms with van der Waals surface area (Å²) in [5.41, 5.74) is -0.210. The molecule has 6 heteroatoms. The summed E-state index contributed by atoms with van der Waals surface area (Å²) < 4.78 is 32.4. The van der Waals surface area contributed by atoms with Gasteiger partial charge in [0.15, 0.2) is 0 Å². The Hall–Kier alpha value is -2.24. The molecule has 2 aromatic rings. The molecular formula is C15H15F2NO3. The van der Waals surface area contributed by atoms with Gasteiger partial charge in [0.1, 0.15) is 17.3 Å². The van der Waals surface area contributed by atoms with Crippen LogP contribution < -0.4 is 0 Å². The second kappa shape index (κ2) is 4.95. The summed E-state index contributed by atoms with van der Waals surface area (Å²) in [6.07, 6.45) is 0. The van der Waals surface area contributed by atoms with Crippen LogP contribution in [-0.4, -0.2) is 16.1 Å². The van der Waals surface area contributed by atoms with E-state index in [-0.39, 0.29) is 28.5 Å². The molecule has 0 amide bonds. The minimum atomic E-state index is -1.28. The van der Waals surface area contributed by atoms with E-state index >= 15 is 0 Å². The van der Waals surface area contributed by atoms with Gasteiger partial charge in [-0.1, -0.05) is 20.8 Å². The Kier molecular flexibility index (Phi) is 3.57. The van der Waals surface area contributed by atoms with E-state index in [1.54, 1.807) is 20.8 Å². The fourth-order valence-electron chi connectivity index (χ4n) is 1.91. The fraction of sp³-hybridized carbons (Fsp3) is 0.333. The smallest absolute Gasteiger partial charge is 0.373 e. The maximum Gasteiger partial charge on any atom is 0.373 e. The Balaban J connectivity index is 2.66. The summed E-state index contributed by atoms with van der Waals surface area (Å²) in [5, 5.41) is 9.17. The van der Waals surface area contributed by atoms with Crippen LogP contribution >= 0.6 is 0 Å². The van der Waals surface area contributed by atoms with Gasteiger partial charge < -0.3 is 9.52 Å². The molecule has 4 nitrogen and oxygen atoms in total. The first-order valence-electron chi connectivity index (χ1n) is 6.32. The van der Waals surface area contributed by atoms with Crippen molar-refractivity contribution in [3.63, 3.8) is 0 Å². The molecule has 21 heavy (non-hydrogen) atoms. The quantitative estimate of drug-likeness (QED) is 0.912. The minimum absolute atomic E-state index is 0.0631. The zero-order valence-electron chi connectivity index (χ0n) is 12.1. The van der Waals surface area contributed by atoms with Gasteiger partial charge in [-0.15, -0.1) is 0 Å². The average molecular weight is 295 g/mol. The molecule has 0 saturated heterocycles. The van der Waals surface area contributed by atoms with Crippen molar-refractivity contribution >= 4 is 5.97 Å². The van der Waals surface area contributed by atoms with E-state index in [1.807, 2.05) is 0 Å². The Morgan fingerprint density at radius 3 is 2.33 bits per heavy atom. The van der Waals surface area contributed by atoms with E-state index in [0.717, 1.165) is 6.07 Å². The number of carboxylic acid groups (broad SMARTS) is 1. The van der Waals surface area contributed by atoms with Crippen LogP contribution in [0.2, 0.25) is 0 Å². The predicted octanol–water partition coefficient (Wildman–Crippen LogP) is 3.92. The third-order valence-electron chi connectivity index (χ3n) is 3.01. The molecule has 0 aliphatic carbocycles. The van der Waals surface area contributed by atoms with E-state index in [0.29, 0.717) is 0 Å². The number of rotatable bonds is 2. The first kappa shape index (κ1) is 15.2. The summed E-state index contributed by atoms with van der Waals surface area (Å²) in [4.78, 5) is 15.3. The molecule has 0 spiro atoms. The lowest BCUT2D eigenvalue weighted by Crippen LogP contribution is -2.16. The van der Waals surface area contributed by atoms with Gasteiger partial charge in [0, 0.05) is 11.5 Å². The van der Waals surface area contributed by atoms with E-state index in [4.69, 9.17) is 9.52 Å². The van der Waals surface area contributed by atoms with E-state index < -0.39 is 23.0 Å². The molecule has 0 bridgehead atoms. The topological polar surface area (TPSA) is 63.3 Å². The number of halogens is 2. The number of benzene rings is 1. The average Bonchev–Trinajstić information content (AvgIpc) is 2.78.